The van der Waals surface area contributed by atoms with Crippen molar-refractivity contribution in [2.24, 2.45) is 5.92 Å². The van der Waals surface area contributed by atoms with E-state index in [2.05, 4.69) is 6.92 Å². The molecule has 0 amide bonds. The van der Waals surface area contributed by atoms with Crippen LogP contribution in [0.25, 0.3) is 11.0 Å². The topological polar surface area (TPSA) is 73.3 Å². The summed E-state index contributed by atoms with van der Waals surface area (Å²) in [4.78, 5) is 14.3. The molecule has 0 radical (unpaired) electrons. The van der Waals surface area contributed by atoms with E-state index in [0.29, 0.717) is 40.0 Å². The number of ether oxygens (including phenoxy) is 2. The molecule has 1 aliphatic rings. The first-order valence-electron chi connectivity index (χ1n) is 11.4. The second-order valence-electron chi connectivity index (χ2n) is 9.18. The summed E-state index contributed by atoms with van der Waals surface area (Å²) in [6.07, 6.45) is 3.24. The van der Waals surface area contributed by atoms with Crippen LogP contribution in [-0.4, -0.2) is 37.5 Å². The van der Waals surface area contributed by atoms with Crippen LogP contribution in [0, 0.1) is 19.8 Å². The molecule has 1 aliphatic heterocycles. The number of nitrogens with one attached hydrogen (secondary N) is 1. The Morgan fingerprint density at radius 3 is 2.70 bits per heavy atom. The first-order valence-corrected chi connectivity index (χ1v) is 11.8. The maximum absolute atomic E-state index is 12.9. The van der Waals surface area contributed by atoms with Crippen molar-refractivity contribution < 1.29 is 23.9 Å². The molecule has 2 heterocycles. The lowest BCUT2D eigenvalue weighted by molar-refractivity contribution is -0.911. The van der Waals surface area contributed by atoms with Gasteiger partial charge in [-0.2, -0.15) is 0 Å². The highest BCUT2D eigenvalue weighted by Crippen LogP contribution is 2.29. The third-order valence-corrected chi connectivity index (χ3v) is 6.78. The van der Waals surface area contributed by atoms with Crippen molar-refractivity contribution in [3.8, 4) is 17.2 Å². The van der Waals surface area contributed by atoms with Crippen LogP contribution >= 0.6 is 11.6 Å². The number of likely N-dealkylation sites (tertiary alicyclic amines) is 1. The van der Waals surface area contributed by atoms with Crippen molar-refractivity contribution in [1.82, 2.24) is 0 Å². The fourth-order valence-corrected chi connectivity index (χ4v) is 4.62. The van der Waals surface area contributed by atoms with Crippen molar-refractivity contribution in [2.75, 3.05) is 26.2 Å². The first-order chi connectivity index (χ1) is 15.8. The molecule has 3 aromatic rings. The van der Waals surface area contributed by atoms with E-state index >= 15 is 0 Å². The molecule has 1 unspecified atom stereocenters. The molecule has 176 valence electrons. The van der Waals surface area contributed by atoms with Gasteiger partial charge in [-0.05, 0) is 62.1 Å². The van der Waals surface area contributed by atoms with E-state index in [9.17, 15) is 9.90 Å². The molecule has 3 atom stereocenters. The van der Waals surface area contributed by atoms with Crippen molar-refractivity contribution in [1.29, 1.82) is 0 Å². The number of benzene rings is 2. The lowest BCUT2D eigenvalue weighted by atomic mass is 10.0. The van der Waals surface area contributed by atoms with Gasteiger partial charge in [0.15, 0.2) is 0 Å². The zero-order chi connectivity index (χ0) is 23.5. The molecule has 0 spiro atoms. The van der Waals surface area contributed by atoms with Gasteiger partial charge in [-0.25, -0.2) is 0 Å². The highest BCUT2D eigenvalue weighted by molar-refractivity contribution is 6.32. The second kappa shape index (κ2) is 10.2. The highest BCUT2D eigenvalue weighted by Gasteiger charge is 2.22. The molecular formula is C26H31ClNO5+. The Morgan fingerprint density at radius 1 is 1.21 bits per heavy atom. The quantitative estimate of drug-likeness (QED) is 0.545. The summed E-state index contributed by atoms with van der Waals surface area (Å²) in [5, 5.41) is 11.5. The molecular weight excluding hydrogens is 442 g/mol. The SMILES string of the molecule is Cc1cc(Oc2coc3cc(OC[C@H](O)C[NH+]4CCC[C@H](C)C4)ccc3c2=O)cc(C)c1Cl. The Labute approximate surface area is 198 Å². The zero-order valence-corrected chi connectivity index (χ0v) is 20.1. The monoisotopic (exact) mass is 472 g/mol. The van der Waals surface area contributed by atoms with Gasteiger partial charge in [0, 0.05) is 17.0 Å². The van der Waals surface area contributed by atoms with E-state index in [0.717, 1.165) is 24.2 Å². The van der Waals surface area contributed by atoms with Gasteiger partial charge in [0.1, 0.15) is 42.6 Å². The van der Waals surface area contributed by atoms with Crippen LogP contribution < -0.4 is 19.8 Å². The Hall–Kier alpha value is -2.54. The number of quaternary nitrogens is 1. The third kappa shape index (κ3) is 5.69. The molecule has 2 aromatic carbocycles. The molecule has 1 saturated heterocycles. The van der Waals surface area contributed by atoms with Crippen LogP contribution in [-0.2, 0) is 0 Å². The summed E-state index contributed by atoms with van der Waals surface area (Å²) < 4.78 is 17.2. The third-order valence-electron chi connectivity index (χ3n) is 6.18. The minimum Gasteiger partial charge on any atom is -0.491 e. The van der Waals surface area contributed by atoms with Crippen molar-refractivity contribution in [3.05, 3.63) is 63.0 Å². The van der Waals surface area contributed by atoms with E-state index in [1.54, 1.807) is 30.3 Å². The maximum Gasteiger partial charge on any atom is 0.235 e. The van der Waals surface area contributed by atoms with Crippen molar-refractivity contribution in [2.45, 2.75) is 39.7 Å². The van der Waals surface area contributed by atoms with Gasteiger partial charge in [-0.15, -0.1) is 0 Å². The lowest BCUT2D eigenvalue weighted by Crippen LogP contribution is -3.14. The molecule has 0 bridgehead atoms. The molecule has 0 saturated carbocycles. The number of fused-ring (bicyclic) bond motifs is 1. The largest absolute Gasteiger partial charge is 0.491 e. The number of hydrogen-bond acceptors (Lipinski definition) is 5. The predicted octanol–water partition coefficient (Wildman–Crippen LogP) is 3.91. The van der Waals surface area contributed by atoms with E-state index in [-0.39, 0.29) is 17.8 Å². The highest BCUT2D eigenvalue weighted by atomic mass is 35.5. The summed E-state index contributed by atoms with van der Waals surface area (Å²) in [5.74, 6) is 1.88. The number of aryl methyl sites for hydroxylation is 2. The standard InChI is InChI=1S/C26H30ClNO5/c1-16-5-4-8-28(12-16)13-19(29)14-31-20-6-7-22-23(11-20)32-15-24(26(22)30)33-21-9-17(2)25(27)18(3)10-21/h6-7,9-11,15-16,19,29H,4-5,8,12-14H2,1-3H3/p+1/t16-,19+/m0/s1. The summed E-state index contributed by atoms with van der Waals surface area (Å²) in [5.41, 5.74) is 1.88. The molecule has 6 nitrogen and oxygen atoms in total. The summed E-state index contributed by atoms with van der Waals surface area (Å²) in [6.45, 7) is 9.11. The number of piperidine rings is 1. The number of rotatable bonds is 7. The van der Waals surface area contributed by atoms with Crippen LogP contribution in [0.3, 0.4) is 0 Å². The normalized spacial score (nSPS) is 19.4. The molecule has 1 aromatic heterocycles. The van der Waals surface area contributed by atoms with E-state index < -0.39 is 6.10 Å². The lowest BCUT2D eigenvalue weighted by Gasteiger charge is -2.29. The number of hydrogen-bond donors (Lipinski definition) is 2. The van der Waals surface area contributed by atoms with Crippen LogP contribution in [0.1, 0.15) is 30.9 Å². The number of halogens is 1. The molecule has 33 heavy (non-hydrogen) atoms. The van der Waals surface area contributed by atoms with Gasteiger partial charge >= 0.3 is 0 Å². The van der Waals surface area contributed by atoms with Gasteiger partial charge in [-0.1, -0.05) is 18.5 Å². The molecule has 4 rings (SSSR count). The molecule has 1 fully saturated rings. The Morgan fingerprint density at radius 2 is 1.97 bits per heavy atom. The van der Waals surface area contributed by atoms with E-state index in [1.807, 2.05) is 13.8 Å². The van der Waals surface area contributed by atoms with Crippen LogP contribution in [0.5, 0.6) is 17.2 Å². The van der Waals surface area contributed by atoms with Crippen molar-refractivity contribution in [3.63, 3.8) is 0 Å². The van der Waals surface area contributed by atoms with E-state index in [1.165, 1.54) is 24.0 Å². The summed E-state index contributed by atoms with van der Waals surface area (Å²) in [7, 11) is 0. The van der Waals surface area contributed by atoms with Crippen LogP contribution in [0.2, 0.25) is 5.02 Å². The molecule has 2 N–H and O–H groups in total. The fraction of sp³-hybridized carbons (Fsp3) is 0.423. The van der Waals surface area contributed by atoms with Gasteiger partial charge in [0.25, 0.3) is 0 Å². The van der Waals surface area contributed by atoms with Crippen LogP contribution in [0.4, 0.5) is 0 Å². The summed E-state index contributed by atoms with van der Waals surface area (Å²) >= 11 is 6.21. The Balaban J connectivity index is 1.43. The van der Waals surface area contributed by atoms with Gasteiger partial charge in [-0.3, -0.25) is 4.79 Å². The second-order valence-corrected chi connectivity index (χ2v) is 9.56. The average Bonchev–Trinajstić information content (AvgIpc) is 2.78. The van der Waals surface area contributed by atoms with Gasteiger partial charge in [0.2, 0.25) is 11.2 Å². The minimum atomic E-state index is -0.546. The predicted molar refractivity (Wildman–Crippen MR) is 129 cm³/mol. The number of aliphatic hydroxyl groups is 1. The number of aliphatic hydroxyl groups excluding tert-OH is 1. The fourth-order valence-electron chi connectivity index (χ4n) is 4.51. The van der Waals surface area contributed by atoms with Gasteiger partial charge in [0.05, 0.1) is 18.5 Å². The molecule has 7 heteroatoms. The van der Waals surface area contributed by atoms with Gasteiger partial charge < -0.3 is 23.9 Å². The average molecular weight is 473 g/mol. The Bertz CT molecular complexity index is 1170. The maximum atomic E-state index is 12.9. The first kappa shape index (κ1) is 23.6. The van der Waals surface area contributed by atoms with E-state index in [4.69, 9.17) is 25.5 Å². The molecule has 0 aliphatic carbocycles. The smallest absolute Gasteiger partial charge is 0.235 e. The summed E-state index contributed by atoms with van der Waals surface area (Å²) in [6, 6.07) is 8.61. The van der Waals surface area contributed by atoms with Crippen molar-refractivity contribution >= 4 is 22.6 Å². The zero-order valence-electron chi connectivity index (χ0n) is 19.3. The van der Waals surface area contributed by atoms with Crippen LogP contribution in [0.15, 0.2) is 45.8 Å². The minimum absolute atomic E-state index is 0.103. The Kier molecular flexibility index (Phi) is 7.27.